The SMILES string of the molecule is Cc1ccc2sc(N(Cc3ccccn3)C(=O)c3ccc(S(=O)(=O)N(C)C4CCCCC4)cc3)nc2c1C. The topological polar surface area (TPSA) is 83.5 Å². The van der Waals surface area contributed by atoms with Crippen molar-refractivity contribution in [3.05, 3.63) is 83.2 Å². The zero-order chi connectivity index (χ0) is 26.9. The Morgan fingerprint density at radius 3 is 2.42 bits per heavy atom. The van der Waals surface area contributed by atoms with Gasteiger partial charge in [-0.25, -0.2) is 13.4 Å². The molecule has 4 aromatic rings. The van der Waals surface area contributed by atoms with Gasteiger partial charge in [0.25, 0.3) is 5.91 Å². The van der Waals surface area contributed by atoms with Gasteiger partial charge in [0.2, 0.25) is 10.0 Å². The Bertz CT molecular complexity index is 1540. The molecule has 2 heterocycles. The summed E-state index contributed by atoms with van der Waals surface area (Å²) in [5.41, 5.74) is 4.25. The number of aromatic nitrogens is 2. The summed E-state index contributed by atoms with van der Waals surface area (Å²) in [4.78, 5) is 24.9. The van der Waals surface area contributed by atoms with Crippen molar-refractivity contribution in [1.82, 2.24) is 14.3 Å². The van der Waals surface area contributed by atoms with Gasteiger partial charge in [0.15, 0.2) is 5.13 Å². The maximum atomic E-state index is 13.8. The van der Waals surface area contributed by atoms with Crippen LogP contribution in [0.25, 0.3) is 10.2 Å². The smallest absolute Gasteiger partial charge is 0.260 e. The van der Waals surface area contributed by atoms with Gasteiger partial charge < -0.3 is 0 Å². The predicted octanol–water partition coefficient (Wildman–Crippen LogP) is 6.11. The third-order valence-electron chi connectivity index (χ3n) is 7.46. The number of pyridine rings is 1. The minimum Gasteiger partial charge on any atom is -0.278 e. The summed E-state index contributed by atoms with van der Waals surface area (Å²) in [6, 6.07) is 16.0. The third-order valence-corrected chi connectivity index (χ3v) is 10.4. The fourth-order valence-corrected chi connectivity index (χ4v) is 7.38. The Labute approximate surface area is 228 Å². The van der Waals surface area contributed by atoms with Crippen molar-refractivity contribution in [2.24, 2.45) is 0 Å². The van der Waals surface area contributed by atoms with E-state index in [1.807, 2.05) is 38.1 Å². The number of hydrogen-bond donors (Lipinski definition) is 0. The molecule has 0 saturated heterocycles. The largest absolute Gasteiger partial charge is 0.278 e. The maximum absolute atomic E-state index is 13.8. The van der Waals surface area contributed by atoms with Crippen molar-refractivity contribution in [2.75, 3.05) is 11.9 Å². The monoisotopic (exact) mass is 548 g/mol. The summed E-state index contributed by atoms with van der Waals surface area (Å²) in [7, 11) is -1.98. The van der Waals surface area contributed by atoms with Crippen molar-refractivity contribution in [1.29, 1.82) is 0 Å². The van der Waals surface area contributed by atoms with E-state index in [0.717, 1.165) is 59.1 Å². The van der Waals surface area contributed by atoms with Gasteiger partial charge >= 0.3 is 0 Å². The highest BCUT2D eigenvalue weighted by atomic mass is 32.2. The quantitative estimate of drug-likeness (QED) is 0.278. The summed E-state index contributed by atoms with van der Waals surface area (Å²) < 4.78 is 29.1. The number of benzene rings is 2. The average molecular weight is 549 g/mol. The second kappa shape index (κ2) is 10.9. The number of aryl methyl sites for hydroxylation is 2. The van der Waals surface area contributed by atoms with E-state index < -0.39 is 10.0 Å². The van der Waals surface area contributed by atoms with E-state index >= 15 is 0 Å². The molecule has 0 aliphatic heterocycles. The molecule has 38 heavy (non-hydrogen) atoms. The molecule has 0 spiro atoms. The first kappa shape index (κ1) is 26.5. The first-order chi connectivity index (χ1) is 18.3. The number of thiazole rings is 1. The number of carbonyl (C=O) groups is 1. The van der Waals surface area contributed by atoms with Crippen molar-refractivity contribution >= 4 is 42.6 Å². The number of anilines is 1. The zero-order valence-electron chi connectivity index (χ0n) is 21.9. The van der Waals surface area contributed by atoms with Crippen molar-refractivity contribution in [2.45, 2.75) is 63.4 Å². The van der Waals surface area contributed by atoms with Crippen LogP contribution in [0.5, 0.6) is 0 Å². The number of sulfonamides is 1. The van der Waals surface area contributed by atoms with Crippen molar-refractivity contribution in [3.8, 4) is 0 Å². The lowest BCUT2D eigenvalue weighted by atomic mass is 9.96. The number of carbonyl (C=O) groups excluding carboxylic acids is 1. The highest BCUT2D eigenvalue weighted by molar-refractivity contribution is 7.89. The minimum absolute atomic E-state index is 0.0232. The third kappa shape index (κ3) is 5.23. The molecule has 0 radical (unpaired) electrons. The Balaban J connectivity index is 1.46. The average Bonchev–Trinajstić information content (AvgIpc) is 3.39. The molecule has 1 aliphatic rings. The Kier molecular flexibility index (Phi) is 7.61. The molecule has 0 atom stereocenters. The van der Waals surface area contributed by atoms with Crippen LogP contribution >= 0.6 is 11.3 Å². The molecule has 1 aliphatic carbocycles. The second-order valence-corrected chi connectivity index (χ2v) is 12.9. The molecular formula is C29H32N4O3S2. The molecule has 0 N–H and O–H groups in total. The molecule has 0 bridgehead atoms. The highest BCUT2D eigenvalue weighted by Crippen LogP contribution is 2.33. The molecule has 1 amide bonds. The normalized spacial score (nSPS) is 14.7. The van der Waals surface area contributed by atoms with Gasteiger partial charge in [-0.2, -0.15) is 4.31 Å². The van der Waals surface area contributed by atoms with Crippen molar-refractivity contribution < 1.29 is 13.2 Å². The summed E-state index contributed by atoms with van der Waals surface area (Å²) >= 11 is 1.46. The first-order valence-corrected chi connectivity index (χ1v) is 15.2. The van der Waals surface area contributed by atoms with Crippen LogP contribution in [0.4, 0.5) is 5.13 Å². The van der Waals surface area contributed by atoms with E-state index in [4.69, 9.17) is 4.98 Å². The number of nitrogens with zero attached hydrogens (tertiary/aromatic N) is 4. The van der Waals surface area contributed by atoms with E-state index in [0.29, 0.717) is 10.7 Å². The fraction of sp³-hybridized carbons (Fsp3) is 0.345. The number of hydrogen-bond acceptors (Lipinski definition) is 6. The number of fused-ring (bicyclic) bond motifs is 1. The van der Waals surface area contributed by atoms with Crippen LogP contribution in [0, 0.1) is 13.8 Å². The first-order valence-electron chi connectivity index (χ1n) is 12.9. The van der Waals surface area contributed by atoms with Gasteiger partial charge in [-0.3, -0.25) is 14.7 Å². The summed E-state index contributed by atoms with van der Waals surface area (Å²) in [5, 5.41) is 0.582. The Morgan fingerprint density at radius 2 is 1.74 bits per heavy atom. The van der Waals surface area contributed by atoms with Crippen LogP contribution in [0.3, 0.4) is 0 Å². The zero-order valence-corrected chi connectivity index (χ0v) is 23.6. The van der Waals surface area contributed by atoms with Gasteiger partial charge in [-0.15, -0.1) is 0 Å². The molecule has 0 unspecified atom stereocenters. The molecule has 5 rings (SSSR count). The van der Waals surface area contributed by atoms with Gasteiger partial charge in [0.05, 0.1) is 27.4 Å². The molecule has 7 nitrogen and oxygen atoms in total. The second-order valence-electron chi connectivity index (χ2n) is 9.90. The van der Waals surface area contributed by atoms with E-state index in [9.17, 15) is 13.2 Å². The van der Waals surface area contributed by atoms with Gasteiger partial charge in [0, 0.05) is 24.8 Å². The van der Waals surface area contributed by atoms with Gasteiger partial charge in [0.1, 0.15) is 0 Å². The molecule has 2 aromatic heterocycles. The van der Waals surface area contributed by atoms with Crippen LogP contribution in [0.15, 0.2) is 65.7 Å². The summed E-state index contributed by atoms with van der Waals surface area (Å²) in [5.74, 6) is -0.256. The standard InChI is InChI=1S/C29H32N4O3S2/c1-20-12-17-26-27(21(20)2)31-29(37-26)33(19-23-9-7-8-18-30-23)28(34)22-13-15-25(16-14-22)38(35,36)32(3)24-10-5-4-6-11-24/h7-9,12-18,24H,4-6,10-11,19H2,1-3H3. The Morgan fingerprint density at radius 1 is 1.00 bits per heavy atom. The van der Waals surface area contributed by atoms with Crippen LogP contribution < -0.4 is 4.90 Å². The lowest BCUT2D eigenvalue weighted by Crippen LogP contribution is -2.38. The predicted molar refractivity (Wildman–Crippen MR) is 152 cm³/mol. The maximum Gasteiger partial charge on any atom is 0.260 e. The van der Waals surface area contributed by atoms with E-state index in [2.05, 4.69) is 11.1 Å². The lowest BCUT2D eigenvalue weighted by Gasteiger charge is -2.30. The van der Waals surface area contributed by atoms with Crippen LogP contribution in [0.2, 0.25) is 0 Å². The van der Waals surface area contributed by atoms with E-state index in [1.54, 1.807) is 30.3 Å². The van der Waals surface area contributed by atoms with E-state index in [-0.39, 0.29) is 23.4 Å². The highest BCUT2D eigenvalue weighted by Gasteiger charge is 2.30. The lowest BCUT2D eigenvalue weighted by molar-refractivity contribution is 0.0984. The van der Waals surface area contributed by atoms with Crippen LogP contribution in [0.1, 0.15) is 59.3 Å². The van der Waals surface area contributed by atoms with Gasteiger partial charge in [-0.1, -0.05) is 42.7 Å². The Hall–Kier alpha value is -3.14. The molecule has 2 aromatic carbocycles. The van der Waals surface area contributed by atoms with Crippen LogP contribution in [-0.2, 0) is 16.6 Å². The van der Waals surface area contributed by atoms with Crippen LogP contribution in [-0.4, -0.2) is 41.7 Å². The molecule has 198 valence electrons. The minimum atomic E-state index is -3.64. The summed E-state index contributed by atoms with van der Waals surface area (Å²) in [6.45, 7) is 4.34. The number of amides is 1. The molecule has 1 saturated carbocycles. The number of rotatable bonds is 7. The molecule has 1 fully saturated rings. The fourth-order valence-electron chi connectivity index (χ4n) is 4.94. The van der Waals surface area contributed by atoms with Gasteiger partial charge in [-0.05, 0) is 80.3 Å². The van der Waals surface area contributed by atoms with E-state index in [1.165, 1.54) is 27.8 Å². The van der Waals surface area contributed by atoms with Crippen molar-refractivity contribution in [3.63, 3.8) is 0 Å². The molecular weight excluding hydrogens is 516 g/mol. The molecule has 9 heteroatoms. The summed E-state index contributed by atoms with van der Waals surface area (Å²) in [6.07, 6.45) is 6.73.